The molecule has 5 nitrogen and oxygen atoms in total. The highest BCUT2D eigenvalue weighted by Crippen LogP contribution is 2.20. The molecular weight excluding hydrogens is 324 g/mol. The van der Waals surface area contributed by atoms with Gasteiger partial charge in [-0.15, -0.1) is 0 Å². The van der Waals surface area contributed by atoms with E-state index in [0.717, 1.165) is 16.6 Å². The number of hydrogen-bond acceptors (Lipinski definition) is 3. The van der Waals surface area contributed by atoms with Crippen molar-refractivity contribution in [3.05, 3.63) is 33.8 Å². The van der Waals surface area contributed by atoms with Crippen LogP contribution in [0, 0.1) is 0 Å². The Morgan fingerprint density at radius 3 is 2.40 bits per heavy atom. The van der Waals surface area contributed by atoms with Crippen molar-refractivity contribution in [2.75, 3.05) is 27.2 Å². The largest absolute Gasteiger partial charge is 0.478 e. The van der Waals surface area contributed by atoms with Crippen LogP contribution in [0.3, 0.4) is 0 Å². The summed E-state index contributed by atoms with van der Waals surface area (Å²) in [4.78, 5) is 26.2. The molecule has 0 saturated carbocycles. The Hall–Kier alpha value is -1.40. The highest BCUT2D eigenvalue weighted by Gasteiger charge is 2.13. The van der Waals surface area contributed by atoms with E-state index in [1.807, 2.05) is 11.8 Å². The summed E-state index contributed by atoms with van der Waals surface area (Å²) in [5.41, 5.74) is 1.21. The van der Waals surface area contributed by atoms with Gasteiger partial charge < -0.3 is 10.0 Å². The highest BCUT2D eigenvalue weighted by atomic mass is 79.9. The number of carbonyl (C=O) groups excluding carboxylic acids is 1. The van der Waals surface area contributed by atoms with Gasteiger partial charge in [0.05, 0.1) is 12.1 Å². The van der Waals surface area contributed by atoms with Gasteiger partial charge in [0.15, 0.2) is 0 Å². The van der Waals surface area contributed by atoms with E-state index in [9.17, 15) is 9.59 Å². The van der Waals surface area contributed by atoms with E-state index in [1.165, 1.54) is 0 Å². The van der Waals surface area contributed by atoms with Crippen LogP contribution in [0.5, 0.6) is 0 Å². The fourth-order valence-electron chi connectivity index (χ4n) is 1.66. The van der Waals surface area contributed by atoms with Crippen molar-refractivity contribution in [3.8, 4) is 0 Å². The maximum absolute atomic E-state index is 11.7. The third-order valence-electron chi connectivity index (χ3n) is 3.00. The number of halogens is 1. The van der Waals surface area contributed by atoms with Crippen molar-refractivity contribution >= 4 is 27.8 Å². The Morgan fingerprint density at radius 1 is 1.30 bits per heavy atom. The molecule has 0 aliphatic heterocycles. The van der Waals surface area contributed by atoms with Crippen LogP contribution >= 0.6 is 15.9 Å². The molecule has 1 aromatic rings. The number of carboxylic acid groups (broad SMARTS) is 1. The predicted octanol–water partition coefficient (Wildman–Crippen LogP) is 2.06. The summed E-state index contributed by atoms with van der Waals surface area (Å²) in [5.74, 6) is -0.905. The van der Waals surface area contributed by atoms with E-state index < -0.39 is 5.97 Å². The van der Waals surface area contributed by atoms with Gasteiger partial charge in [-0.2, -0.15) is 0 Å². The van der Waals surface area contributed by atoms with Crippen LogP contribution in [0.2, 0.25) is 0 Å². The van der Waals surface area contributed by atoms with Gasteiger partial charge in [-0.25, -0.2) is 4.79 Å². The Morgan fingerprint density at radius 2 is 1.95 bits per heavy atom. The molecule has 6 heteroatoms. The van der Waals surface area contributed by atoms with Crippen LogP contribution < -0.4 is 0 Å². The Kier molecular flexibility index (Phi) is 6.16. The van der Waals surface area contributed by atoms with Gasteiger partial charge in [0.25, 0.3) is 0 Å². The molecule has 0 spiro atoms. The number of amides is 1. The number of likely N-dealkylation sites (N-methyl/N-ethyl adjacent to an activating group) is 2. The van der Waals surface area contributed by atoms with E-state index in [4.69, 9.17) is 5.11 Å². The first-order valence-corrected chi connectivity index (χ1v) is 7.08. The van der Waals surface area contributed by atoms with Crippen LogP contribution in [0.1, 0.15) is 22.8 Å². The summed E-state index contributed by atoms with van der Waals surface area (Å²) in [5, 5.41) is 8.93. The molecule has 0 heterocycles. The van der Waals surface area contributed by atoms with Crippen LogP contribution in [0.4, 0.5) is 0 Å². The standard InChI is InChI=1S/C14H19BrN2O3/c1-4-17(9-13(18)16(2)3)8-11-6-5-10(14(19)20)7-12(11)15/h5-7H,4,8-9H2,1-3H3,(H,19,20). The number of carbonyl (C=O) groups is 2. The third-order valence-corrected chi connectivity index (χ3v) is 3.74. The minimum atomic E-state index is -0.951. The van der Waals surface area contributed by atoms with Crippen molar-refractivity contribution in [2.24, 2.45) is 0 Å². The molecule has 0 aliphatic rings. The number of rotatable bonds is 6. The molecule has 1 aromatic carbocycles. The summed E-state index contributed by atoms with van der Waals surface area (Å²) < 4.78 is 0.744. The van der Waals surface area contributed by atoms with Gasteiger partial charge in [0.2, 0.25) is 5.91 Å². The number of nitrogens with zero attached hydrogens (tertiary/aromatic N) is 2. The molecule has 110 valence electrons. The number of carboxylic acids is 1. The zero-order valence-electron chi connectivity index (χ0n) is 11.9. The van der Waals surface area contributed by atoms with E-state index in [1.54, 1.807) is 37.2 Å². The second-order valence-corrected chi connectivity index (χ2v) is 5.56. The summed E-state index contributed by atoms with van der Waals surface area (Å²) in [7, 11) is 3.46. The maximum atomic E-state index is 11.7. The van der Waals surface area contributed by atoms with E-state index in [0.29, 0.717) is 13.1 Å². The lowest BCUT2D eigenvalue weighted by atomic mass is 10.1. The molecule has 0 bridgehead atoms. The molecule has 0 radical (unpaired) electrons. The number of hydrogen-bond donors (Lipinski definition) is 1. The van der Waals surface area contributed by atoms with Gasteiger partial charge in [-0.05, 0) is 24.2 Å². The molecule has 0 saturated heterocycles. The summed E-state index contributed by atoms with van der Waals surface area (Å²) >= 11 is 3.38. The average molecular weight is 343 g/mol. The van der Waals surface area contributed by atoms with Crippen LogP contribution in [-0.2, 0) is 11.3 Å². The first-order valence-electron chi connectivity index (χ1n) is 6.29. The Balaban J connectivity index is 2.80. The van der Waals surface area contributed by atoms with Crippen molar-refractivity contribution in [1.29, 1.82) is 0 Å². The predicted molar refractivity (Wildman–Crippen MR) is 80.7 cm³/mol. The quantitative estimate of drug-likeness (QED) is 0.859. The average Bonchev–Trinajstić information content (AvgIpc) is 2.39. The van der Waals surface area contributed by atoms with E-state index >= 15 is 0 Å². The van der Waals surface area contributed by atoms with Gasteiger partial charge in [0.1, 0.15) is 0 Å². The van der Waals surface area contributed by atoms with Gasteiger partial charge in [-0.1, -0.05) is 28.9 Å². The molecule has 0 aromatic heterocycles. The van der Waals surface area contributed by atoms with Gasteiger partial charge in [-0.3, -0.25) is 9.69 Å². The fraction of sp³-hybridized carbons (Fsp3) is 0.429. The molecule has 0 aliphatic carbocycles. The topological polar surface area (TPSA) is 60.9 Å². The number of aromatic carboxylic acids is 1. The fourth-order valence-corrected chi connectivity index (χ4v) is 2.17. The van der Waals surface area contributed by atoms with Crippen LogP contribution in [-0.4, -0.2) is 54.0 Å². The summed E-state index contributed by atoms with van der Waals surface area (Å²) in [6.07, 6.45) is 0. The number of benzene rings is 1. The lowest BCUT2D eigenvalue weighted by Gasteiger charge is -2.22. The molecule has 20 heavy (non-hydrogen) atoms. The molecule has 1 N–H and O–H groups in total. The van der Waals surface area contributed by atoms with Crippen molar-refractivity contribution in [2.45, 2.75) is 13.5 Å². The van der Waals surface area contributed by atoms with Crippen molar-refractivity contribution in [3.63, 3.8) is 0 Å². The zero-order valence-corrected chi connectivity index (χ0v) is 13.5. The summed E-state index contributed by atoms with van der Waals surface area (Å²) in [6, 6.07) is 4.93. The molecular formula is C14H19BrN2O3. The Bertz CT molecular complexity index is 503. The maximum Gasteiger partial charge on any atom is 0.335 e. The normalized spacial score (nSPS) is 10.7. The zero-order chi connectivity index (χ0) is 15.3. The van der Waals surface area contributed by atoms with Crippen LogP contribution in [0.25, 0.3) is 0 Å². The summed E-state index contributed by atoms with van der Waals surface area (Å²) in [6.45, 7) is 3.67. The smallest absolute Gasteiger partial charge is 0.335 e. The SMILES string of the molecule is CCN(CC(=O)N(C)C)Cc1ccc(C(=O)O)cc1Br. The second kappa shape index (κ2) is 7.40. The molecule has 0 atom stereocenters. The second-order valence-electron chi connectivity index (χ2n) is 4.70. The molecule has 1 rings (SSSR count). The van der Waals surface area contributed by atoms with Gasteiger partial charge in [0, 0.05) is 25.1 Å². The lowest BCUT2D eigenvalue weighted by molar-refractivity contribution is -0.130. The van der Waals surface area contributed by atoms with Crippen molar-refractivity contribution in [1.82, 2.24) is 9.80 Å². The van der Waals surface area contributed by atoms with E-state index in [2.05, 4.69) is 15.9 Å². The monoisotopic (exact) mass is 342 g/mol. The first-order chi connectivity index (χ1) is 9.35. The van der Waals surface area contributed by atoms with E-state index in [-0.39, 0.29) is 11.5 Å². The van der Waals surface area contributed by atoms with Crippen molar-refractivity contribution < 1.29 is 14.7 Å². The first kappa shape index (κ1) is 16.7. The van der Waals surface area contributed by atoms with Gasteiger partial charge >= 0.3 is 5.97 Å². The molecule has 0 fully saturated rings. The minimum Gasteiger partial charge on any atom is -0.478 e. The minimum absolute atomic E-state index is 0.0464. The Labute approximate surface area is 127 Å². The highest BCUT2D eigenvalue weighted by molar-refractivity contribution is 9.10. The molecule has 0 unspecified atom stereocenters. The third kappa shape index (κ3) is 4.61. The van der Waals surface area contributed by atoms with Crippen LogP contribution in [0.15, 0.2) is 22.7 Å². The molecule has 1 amide bonds. The lowest BCUT2D eigenvalue weighted by Crippen LogP contribution is -2.36.